The zero-order valence-corrected chi connectivity index (χ0v) is 17.3. The van der Waals surface area contributed by atoms with E-state index in [4.69, 9.17) is 9.72 Å². The lowest BCUT2D eigenvalue weighted by Gasteiger charge is -2.08. The number of hydrogen-bond donors (Lipinski definition) is 0. The topological polar surface area (TPSA) is 71.1 Å². The lowest BCUT2D eigenvalue weighted by Crippen LogP contribution is -2.28. The first-order valence-electron chi connectivity index (χ1n) is 9.82. The van der Waals surface area contributed by atoms with Crippen LogP contribution in [-0.4, -0.2) is 31.8 Å². The second kappa shape index (κ2) is 8.02. The van der Waals surface area contributed by atoms with Crippen LogP contribution in [0.15, 0.2) is 65.0 Å². The van der Waals surface area contributed by atoms with E-state index < -0.39 is 5.97 Å². The van der Waals surface area contributed by atoms with Gasteiger partial charge in [-0.2, -0.15) is 0 Å². The molecule has 0 amide bonds. The fourth-order valence-electron chi connectivity index (χ4n) is 3.64. The number of hydrogen-bond acceptors (Lipinski definition) is 4. The Bertz CT molecular complexity index is 1320. The van der Waals surface area contributed by atoms with Crippen LogP contribution in [0.1, 0.15) is 19.7 Å². The van der Waals surface area contributed by atoms with Gasteiger partial charge in [0.05, 0.1) is 35.7 Å². The van der Waals surface area contributed by atoms with Gasteiger partial charge in [-0.15, -0.1) is 0 Å². The molecule has 4 rings (SSSR count). The molecule has 2 aromatic carbocycles. The third kappa shape index (κ3) is 3.54. The Kier molecular flexibility index (Phi) is 5.27. The second-order valence-electron chi connectivity index (χ2n) is 7.43. The highest BCUT2D eigenvalue weighted by Crippen LogP contribution is 2.19. The molecule has 0 saturated carbocycles. The van der Waals surface area contributed by atoms with E-state index in [9.17, 15) is 9.59 Å². The highest BCUT2D eigenvalue weighted by molar-refractivity contribution is 5.79. The van der Waals surface area contributed by atoms with E-state index in [1.54, 1.807) is 4.57 Å². The molecular formula is C23H24N4O3. The molecule has 4 aromatic rings. The van der Waals surface area contributed by atoms with Crippen molar-refractivity contribution in [3.63, 3.8) is 0 Å². The van der Waals surface area contributed by atoms with Crippen LogP contribution < -0.4 is 5.69 Å². The minimum atomic E-state index is -0.462. The number of para-hydroxylation sites is 4. The molecule has 0 aliphatic heterocycles. The molecule has 0 aliphatic carbocycles. The molecule has 0 N–H and O–H groups in total. The standard InChI is InChI=1S/C23H24N4O3/c1-16(2)12-13-25-18-9-5-4-8-17(18)24-21(25)14-26-19-10-6-7-11-20(19)27(23(26)29)15-22(28)30-3/h4-12H,13-15H2,1-3H3. The first kappa shape index (κ1) is 19.7. The molecule has 0 aliphatic rings. The second-order valence-corrected chi connectivity index (χ2v) is 7.43. The Balaban J connectivity index is 1.86. The molecule has 0 spiro atoms. The summed E-state index contributed by atoms with van der Waals surface area (Å²) < 4.78 is 10.0. The van der Waals surface area contributed by atoms with Gasteiger partial charge in [0.15, 0.2) is 0 Å². The van der Waals surface area contributed by atoms with Crippen LogP contribution in [0.3, 0.4) is 0 Å². The zero-order valence-electron chi connectivity index (χ0n) is 17.3. The molecule has 0 atom stereocenters. The van der Waals surface area contributed by atoms with Gasteiger partial charge < -0.3 is 9.30 Å². The van der Waals surface area contributed by atoms with Crippen molar-refractivity contribution in [2.75, 3.05) is 7.11 Å². The minimum absolute atomic E-state index is 0.128. The van der Waals surface area contributed by atoms with Crippen LogP contribution in [0.5, 0.6) is 0 Å². The fourth-order valence-corrected chi connectivity index (χ4v) is 3.64. The van der Waals surface area contributed by atoms with E-state index in [1.807, 2.05) is 48.5 Å². The van der Waals surface area contributed by atoms with Crippen LogP contribution >= 0.6 is 0 Å². The number of imidazole rings is 2. The van der Waals surface area contributed by atoms with Gasteiger partial charge in [-0.25, -0.2) is 9.78 Å². The van der Waals surface area contributed by atoms with E-state index in [-0.39, 0.29) is 12.2 Å². The van der Waals surface area contributed by atoms with E-state index in [2.05, 4.69) is 24.5 Å². The molecule has 2 aromatic heterocycles. The highest BCUT2D eigenvalue weighted by Gasteiger charge is 2.18. The van der Waals surface area contributed by atoms with Gasteiger partial charge in [0.25, 0.3) is 0 Å². The summed E-state index contributed by atoms with van der Waals surface area (Å²) in [7, 11) is 1.32. The van der Waals surface area contributed by atoms with Crippen molar-refractivity contribution in [2.24, 2.45) is 0 Å². The van der Waals surface area contributed by atoms with Gasteiger partial charge >= 0.3 is 11.7 Å². The summed E-state index contributed by atoms with van der Waals surface area (Å²) in [5.41, 5.74) is 4.32. The zero-order chi connectivity index (χ0) is 21.3. The Hall–Kier alpha value is -3.61. The van der Waals surface area contributed by atoms with Crippen LogP contribution in [0.25, 0.3) is 22.1 Å². The number of carbonyl (C=O) groups is 1. The van der Waals surface area contributed by atoms with Gasteiger partial charge in [-0.1, -0.05) is 35.9 Å². The maximum Gasteiger partial charge on any atom is 0.330 e. The summed E-state index contributed by atoms with van der Waals surface area (Å²) in [5, 5.41) is 0. The number of allylic oxidation sites excluding steroid dienone is 2. The predicted octanol–water partition coefficient (Wildman–Crippen LogP) is 3.34. The van der Waals surface area contributed by atoms with E-state index in [0.717, 1.165) is 22.4 Å². The van der Waals surface area contributed by atoms with Gasteiger partial charge in [0, 0.05) is 6.54 Å². The summed E-state index contributed by atoms with van der Waals surface area (Å²) in [5.74, 6) is 0.326. The van der Waals surface area contributed by atoms with E-state index in [0.29, 0.717) is 18.6 Å². The quantitative estimate of drug-likeness (QED) is 0.365. The summed E-state index contributed by atoms with van der Waals surface area (Å²) >= 11 is 0. The number of carbonyl (C=O) groups excluding carboxylic acids is 1. The Morgan fingerprint density at radius 3 is 2.27 bits per heavy atom. The molecule has 2 heterocycles. The van der Waals surface area contributed by atoms with Crippen molar-refractivity contribution < 1.29 is 9.53 Å². The van der Waals surface area contributed by atoms with Crippen LogP contribution in [0.4, 0.5) is 0 Å². The maximum atomic E-state index is 13.2. The summed E-state index contributed by atoms with van der Waals surface area (Å²) in [6.07, 6.45) is 2.14. The van der Waals surface area contributed by atoms with Crippen molar-refractivity contribution >= 4 is 28.0 Å². The third-order valence-electron chi connectivity index (χ3n) is 5.16. The van der Waals surface area contributed by atoms with Crippen molar-refractivity contribution in [1.29, 1.82) is 0 Å². The van der Waals surface area contributed by atoms with Crippen LogP contribution in [-0.2, 0) is 29.2 Å². The third-order valence-corrected chi connectivity index (χ3v) is 5.16. The van der Waals surface area contributed by atoms with Crippen LogP contribution in [0, 0.1) is 0 Å². The SMILES string of the molecule is COC(=O)Cn1c(=O)n(Cc2nc3ccccc3n2CC=C(C)C)c2ccccc21. The monoisotopic (exact) mass is 404 g/mol. The Labute approximate surface area is 173 Å². The van der Waals surface area contributed by atoms with Crippen molar-refractivity contribution in [2.45, 2.75) is 33.5 Å². The minimum Gasteiger partial charge on any atom is -0.468 e. The number of fused-ring (bicyclic) bond motifs is 2. The lowest BCUT2D eigenvalue weighted by molar-refractivity contribution is -0.141. The number of benzene rings is 2. The Morgan fingerprint density at radius 2 is 1.60 bits per heavy atom. The normalized spacial score (nSPS) is 11.2. The predicted molar refractivity (Wildman–Crippen MR) is 116 cm³/mol. The average molecular weight is 404 g/mol. The molecular weight excluding hydrogens is 380 g/mol. The smallest absolute Gasteiger partial charge is 0.330 e. The van der Waals surface area contributed by atoms with E-state index in [1.165, 1.54) is 17.3 Å². The van der Waals surface area contributed by atoms with Gasteiger partial charge in [0.2, 0.25) is 0 Å². The number of methoxy groups -OCH3 is 1. The molecule has 0 fully saturated rings. The first-order chi connectivity index (χ1) is 14.5. The summed E-state index contributed by atoms with van der Waals surface area (Å²) in [6, 6.07) is 15.4. The average Bonchev–Trinajstić information content (AvgIpc) is 3.22. The van der Waals surface area contributed by atoms with Gasteiger partial charge in [0.1, 0.15) is 12.4 Å². The highest BCUT2D eigenvalue weighted by atomic mass is 16.5. The van der Waals surface area contributed by atoms with Crippen molar-refractivity contribution in [3.8, 4) is 0 Å². The maximum absolute atomic E-state index is 13.2. The van der Waals surface area contributed by atoms with Crippen molar-refractivity contribution in [1.82, 2.24) is 18.7 Å². The molecule has 154 valence electrons. The number of nitrogens with zero attached hydrogens (tertiary/aromatic N) is 4. The van der Waals surface area contributed by atoms with Crippen LogP contribution in [0.2, 0.25) is 0 Å². The van der Waals surface area contributed by atoms with Crippen molar-refractivity contribution in [3.05, 3.63) is 76.5 Å². The van der Waals surface area contributed by atoms with E-state index >= 15 is 0 Å². The summed E-state index contributed by atoms with van der Waals surface area (Å²) in [4.78, 5) is 29.9. The first-order valence-corrected chi connectivity index (χ1v) is 9.82. The van der Waals surface area contributed by atoms with Gasteiger partial charge in [-0.05, 0) is 38.1 Å². The molecule has 7 nitrogen and oxygen atoms in total. The lowest BCUT2D eigenvalue weighted by atomic mass is 10.3. The van der Waals surface area contributed by atoms with Gasteiger partial charge in [-0.3, -0.25) is 13.9 Å². The number of ether oxygens (including phenoxy) is 1. The molecule has 30 heavy (non-hydrogen) atoms. The fraction of sp³-hybridized carbons (Fsp3) is 0.261. The molecule has 0 saturated heterocycles. The molecule has 0 radical (unpaired) electrons. The molecule has 7 heteroatoms. The number of rotatable bonds is 6. The Morgan fingerprint density at radius 1 is 0.967 bits per heavy atom. The molecule has 0 unspecified atom stereocenters. The molecule has 0 bridgehead atoms. The number of aromatic nitrogens is 4. The largest absolute Gasteiger partial charge is 0.468 e. The number of esters is 1. The summed E-state index contributed by atoms with van der Waals surface area (Å²) in [6.45, 7) is 4.97.